The monoisotopic (exact) mass is 283 g/mol. The molecule has 1 rings (SSSR count). The molecule has 1 nitrogen and oxygen atoms in total. The molecule has 0 saturated carbocycles. The number of hydrogen-bond donors (Lipinski definition) is 0. The zero-order valence-electron chi connectivity index (χ0n) is 9.06. The Bertz CT molecular complexity index is 181. The van der Waals surface area contributed by atoms with E-state index < -0.39 is 0 Å². The maximum Gasteiger partial charge on any atom is 3.00 e. The molecular formula is C11H17Cl2OTi. The van der Waals surface area contributed by atoms with Crippen molar-refractivity contribution in [3.05, 3.63) is 23.8 Å². The van der Waals surface area contributed by atoms with Gasteiger partial charge in [0.1, 0.15) is 0 Å². The fourth-order valence-electron chi connectivity index (χ4n) is 1.23. The Morgan fingerprint density at radius 3 is 2.60 bits per heavy atom. The van der Waals surface area contributed by atoms with Crippen LogP contribution in [-0.4, -0.2) is 13.2 Å². The Hall–Kier alpha value is 0.734. The first-order valence-electron chi connectivity index (χ1n) is 4.77. The molecule has 0 amide bonds. The third-order valence-electron chi connectivity index (χ3n) is 1.85. The Labute approximate surface area is 120 Å². The van der Waals surface area contributed by atoms with Gasteiger partial charge in [0, 0.05) is 13.2 Å². The zero-order chi connectivity index (χ0) is 8.65. The molecule has 0 aromatic carbocycles. The molecule has 1 aliphatic rings. The van der Waals surface area contributed by atoms with Gasteiger partial charge in [-0.25, -0.2) is 11.6 Å². The molecule has 85 valence electrons. The van der Waals surface area contributed by atoms with Crippen LogP contribution in [-0.2, 0) is 26.5 Å². The van der Waals surface area contributed by atoms with E-state index in [1.165, 1.54) is 5.57 Å². The SMILES string of the molecule is CCCOCCCC1=[C-]CC=C1.[Cl-].[Cl-].[Ti+3]. The summed E-state index contributed by atoms with van der Waals surface area (Å²) in [5.41, 5.74) is 1.36. The molecule has 4 heteroatoms. The summed E-state index contributed by atoms with van der Waals surface area (Å²) in [6, 6.07) is 0. The van der Waals surface area contributed by atoms with Crippen LogP contribution < -0.4 is 24.8 Å². The topological polar surface area (TPSA) is 9.23 Å². The molecule has 0 atom stereocenters. The van der Waals surface area contributed by atoms with Crippen molar-refractivity contribution in [2.75, 3.05) is 13.2 Å². The summed E-state index contributed by atoms with van der Waals surface area (Å²) in [6.45, 7) is 3.93. The van der Waals surface area contributed by atoms with Gasteiger partial charge in [0.2, 0.25) is 0 Å². The molecule has 0 bridgehead atoms. The summed E-state index contributed by atoms with van der Waals surface area (Å²) in [6.07, 6.45) is 12.0. The first-order valence-corrected chi connectivity index (χ1v) is 4.77. The van der Waals surface area contributed by atoms with Crippen LogP contribution in [0.3, 0.4) is 0 Å². The Balaban J connectivity index is -0.000000480. The van der Waals surface area contributed by atoms with Crippen LogP contribution in [0.2, 0.25) is 0 Å². The van der Waals surface area contributed by atoms with Gasteiger partial charge >= 0.3 is 21.7 Å². The predicted molar refractivity (Wildman–Crippen MR) is 50.9 cm³/mol. The fourth-order valence-corrected chi connectivity index (χ4v) is 1.23. The summed E-state index contributed by atoms with van der Waals surface area (Å²) >= 11 is 0. The third kappa shape index (κ3) is 11.0. The van der Waals surface area contributed by atoms with Gasteiger partial charge in [0.25, 0.3) is 0 Å². The van der Waals surface area contributed by atoms with E-state index in [4.69, 9.17) is 4.74 Å². The van der Waals surface area contributed by atoms with Gasteiger partial charge in [-0.15, -0.1) is 6.42 Å². The van der Waals surface area contributed by atoms with Crippen LogP contribution in [0.5, 0.6) is 0 Å². The van der Waals surface area contributed by atoms with E-state index in [0.717, 1.165) is 38.9 Å². The largest absolute Gasteiger partial charge is 3.00 e. The van der Waals surface area contributed by atoms with E-state index in [-0.39, 0.29) is 46.5 Å². The normalized spacial score (nSPS) is 12.2. The van der Waals surface area contributed by atoms with Gasteiger partial charge in [-0.1, -0.05) is 13.3 Å². The van der Waals surface area contributed by atoms with E-state index in [9.17, 15) is 0 Å². The van der Waals surface area contributed by atoms with Crippen LogP contribution in [0.25, 0.3) is 0 Å². The summed E-state index contributed by atoms with van der Waals surface area (Å²) in [4.78, 5) is 0. The van der Waals surface area contributed by atoms with E-state index in [2.05, 4.69) is 25.2 Å². The number of ether oxygens (including phenoxy) is 1. The molecule has 0 N–H and O–H groups in total. The summed E-state index contributed by atoms with van der Waals surface area (Å²) in [5, 5.41) is 0. The van der Waals surface area contributed by atoms with Gasteiger partial charge in [-0.3, -0.25) is 6.08 Å². The molecule has 0 aromatic rings. The zero-order valence-corrected chi connectivity index (χ0v) is 12.1. The molecular weight excluding hydrogens is 267 g/mol. The average Bonchev–Trinajstić information content (AvgIpc) is 2.57. The molecule has 1 aliphatic carbocycles. The van der Waals surface area contributed by atoms with Gasteiger partial charge in [-0.2, -0.15) is 6.08 Å². The van der Waals surface area contributed by atoms with Crippen LogP contribution in [0.15, 0.2) is 17.7 Å². The van der Waals surface area contributed by atoms with Gasteiger partial charge in [0.15, 0.2) is 0 Å². The first-order chi connectivity index (χ1) is 5.93. The van der Waals surface area contributed by atoms with Gasteiger partial charge in [-0.05, 0) is 12.8 Å². The minimum absolute atomic E-state index is 0. The second-order valence-electron chi connectivity index (χ2n) is 3.02. The molecule has 0 unspecified atom stereocenters. The standard InChI is InChI=1S/C11H17O.2ClH.Ti/c1-2-9-12-10-5-8-11-6-3-4-7-11;;;/h3,6H,2,4-5,8-10H2,1H3;2*1H;/q-1;;;+3/p-2. The minimum Gasteiger partial charge on any atom is -1.00 e. The Kier molecular flexibility index (Phi) is 20.7. The van der Waals surface area contributed by atoms with Crippen molar-refractivity contribution in [1.29, 1.82) is 0 Å². The number of halogens is 2. The molecule has 0 aromatic heterocycles. The van der Waals surface area contributed by atoms with Crippen molar-refractivity contribution in [3.63, 3.8) is 0 Å². The minimum atomic E-state index is 0. The Morgan fingerprint density at radius 2 is 2.07 bits per heavy atom. The van der Waals surface area contributed by atoms with E-state index in [0.29, 0.717) is 0 Å². The summed E-state index contributed by atoms with van der Waals surface area (Å²) < 4.78 is 5.38. The van der Waals surface area contributed by atoms with E-state index in [1.54, 1.807) is 0 Å². The molecule has 0 spiro atoms. The summed E-state index contributed by atoms with van der Waals surface area (Å²) in [5.74, 6) is 0. The van der Waals surface area contributed by atoms with Crippen molar-refractivity contribution >= 4 is 0 Å². The van der Waals surface area contributed by atoms with Crippen LogP contribution >= 0.6 is 0 Å². The van der Waals surface area contributed by atoms with Crippen molar-refractivity contribution in [2.24, 2.45) is 0 Å². The van der Waals surface area contributed by atoms with E-state index in [1.807, 2.05) is 0 Å². The second-order valence-corrected chi connectivity index (χ2v) is 3.02. The van der Waals surface area contributed by atoms with Crippen LogP contribution in [0.1, 0.15) is 32.6 Å². The van der Waals surface area contributed by atoms with Crippen LogP contribution in [0.4, 0.5) is 0 Å². The molecule has 15 heavy (non-hydrogen) atoms. The average molecular weight is 284 g/mol. The molecule has 0 heterocycles. The second kappa shape index (κ2) is 14.7. The quantitative estimate of drug-likeness (QED) is 0.285. The number of rotatable bonds is 6. The molecule has 0 fully saturated rings. The molecule has 0 aliphatic heterocycles. The predicted octanol–water partition coefficient (Wildman–Crippen LogP) is -3.11. The van der Waals surface area contributed by atoms with Gasteiger partial charge < -0.3 is 29.6 Å². The van der Waals surface area contributed by atoms with Gasteiger partial charge in [0.05, 0.1) is 0 Å². The third-order valence-corrected chi connectivity index (χ3v) is 1.85. The maximum absolute atomic E-state index is 5.38. The fraction of sp³-hybridized carbons (Fsp3) is 0.636. The van der Waals surface area contributed by atoms with Crippen LogP contribution in [0, 0.1) is 6.08 Å². The maximum atomic E-state index is 5.38. The first kappa shape index (κ1) is 21.1. The van der Waals surface area contributed by atoms with E-state index >= 15 is 0 Å². The van der Waals surface area contributed by atoms with Crippen molar-refractivity contribution in [1.82, 2.24) is 0 Å². The number of allylic oxidation sites excluding steroid dienone is 4. The number of hydrogen-bond acceptors (Lipinski definition) is 1. The molecule has 1 radical (unpaired) electrons. The Morgan fingerprint density at radius 1 is 1.33 bits per heavy atom. The smallest absolute Gasteiger partial charge is 1.00 e. The molecule has 0 saturated heterocycles. The van der Waals surface area contributed by atoms with Crippen molar-refractivity contribution < 1.29 is 51.3 Å². The summed E-state index contributed by atoms with van der Waals surface area (Å²) in [7, 11) is 0. The van der Waals surface area contributed by atoms with Crippen molar-refractivity contribution in [2.45, 2.75) is 32.6 Å². The van der Waals surface area contributed by atoms with Crippen molar-refractivity contribution in [3.8, 4) is 0 Å².